The number of ether oxygens (including phenoxy) is 1. The predicted molar refractivity (Wildman–Crippen MR) is 63.6 cm³/mol. The van der Waals surface area contributed by atoms with Crippen LogP contribution in [0.3, 0.4) is 0 Å². The third kappa shape index (κ3) is 5.14. The first-order chi connectivity index (χ1) is 7.58. The van der Waals surface area contributed by atoms with Gasteiger partial charge in [-0.1, -0.05) is 12.1 Å². The summed E-state index contributed by atoms with van der Waals surface area (Å²) < 4.78 is 5.35. The van der Waals surface area contributed by atoms with Crippen molar-refractivity contribution in [3.63, 3.8) is 0 Å². The van der Waals surface area contributed by atoms with Crippen molar-refractivity contribution in [1.29, 1.82) is 0 Å². The topological polar surface area (TPSA) is 49.7 Å². The fourth-order valence-corrected chi connectivity index (χ4v) is 1.34. The maximum atomic E-state index is 9.16. The number of aryl methyl sites for hydroxylation is 1. The van der Waals surface area contributed by atoms with Gasteiger partial charge >= 0.3 is 0 Å². The highest BCUT2D eigenvalue weighted by Gasteiger charge is 2.00. The van der Waals surface area contributed by atoms with Crippen LogP contribution in [0.15, 0.2) is 24.3 Å². The van der Waals surface area contributed by atoms with Crippen LogP contribution in [0.25, 0.3) is 0 Å². The minimum absolute atomic E-state index is 0.258. The standard InChI is InChI=1S/C13H20O3/c1-10(14)3-4-12-5-7-13(8-6-12)16-9-11(2)15/h5-8,10-11,14-15H,3-4,9H2,1-2H3. The molecule has 2 unspecified atom stereocenters. The van der Waals surface area contributed by atoms with Crippen LogP contribution in [0, 0.1) is 0 Å². The fraction of sp³-hybridized carbons (Fsp3) is 0.538. The van der Waals surface area contributed by atoms with E-state index in [1.807, 2.05) is 24.3 Å². The average molecular weight is 224 g/mol. The smallest absolute Gasteiger partial charge is 0.119 e. The van der Waals surface area contributed by atoms with E-state index < -0.39 is 6.10 Å². The molecule has 0 aliphatic rings. The van der Waals surface area contributed by atoms with Crippen molar-refractivity contribution in [3.05, 3.63) is 29.8 Å². The second-order valence-corrected chi connectivity index (χ2v) is 4.19. The molecule has 1 aromatic rings. The van der Waals surface area contributed by atoms with Gasteiger partial charge in [0, 0.05) is 0 Å². The molecule has 0 fully saturated rings. The van der Waals surface area contributed by atoms with E-state index in [-0.39, 0.29) is 6.10 Å². The second kappa shape index (κ2) is 6.51. The predicted octanol–water partition coefficient (Wildman–Crippen LogP) is 1.76. The molecule has 3 heteroatoms. The highest BCUT2D eigenvalue weighted by atomic mass is 16.5. The molecule has 2 atom stereocenters. The van der Waals surface area contributed by atoms with E-state index in [0.29, 0.717) is 6.61 Å². The minimum atomic E-state index is -0.449. The van der Waals surface area contributed by atoms with Crippen molar-refractivity contribution in [2.75, 3.05) is 6.61 Å². The van der Waals surface area contributed by atoms with Gasteiger partial charge in [-0.3, -0.25) is 0 Å². The highest BCUT2D eigenvalue weighted by Crippen LogP contribution is 2.14. The molecular weight excluding hydrogens is 204 g/mol. The summed E-state index contributed by atoms with van der Waals surface area (Å²) in [5, 5.41) is 18.2. The highest BCUT2D eigenvalue weighted by molar-refractivity contribution is 5.27. The molecular formula is C13H20O3. The molecule has 0 heterocycles. The monoisotopic (exact) mass is 224 g/mol. The first kappa shape index (κ1) is 13.0. The number of aliphatic hydroxyl groups excluding tert-OH is 2. The molecule has 90 valence electrons. The first-order valence-electron chi connectivity index (χ1n) is 5.66. The van der Waals surface area contributed by atoms with E-state index in [1.165, 1.54) is 5.56 Å². The molecule has 0 amide bonds. The molecule has 16 heavy (non-hydrogen) atoms. The van der Waals surface area contributed by atoms with Gasteiger partial charge < -0.3 is 14.9 Å². The minimum Gasteiger partial charge on any atom is -0.491 e. The van der Waals surface area contributed by atoms with Crippen LogP contribution >= 0.6 is 0 Å². The summed E-state index contributed by atoms with van der Waals surface area (Å²) in [6.07, 6.45) is 0.934. The Morgan fingerprint density at radius 3 is 2.19 bits per heavy atom. The summed E-state index contributed by atoms with van der Waals surface area (Å²) in [4.78, 5) is 0. The van der Waals surface area contributed by atoms with Crippen LogP contribution in [-0.2, 0) is 6.42 Å². The molecule has 0 aliphatic carbocycles. The summed E-state index contributed by atoms with van der Waals surface area (Å²) in [5.41, 5.74) is 1.19. The number of aliphatic hydroxyl groups is 2. The summed E-state index contributed by atoms with van der Waals surface area (Å²) >= 11 is 0. The number of hydrogen-bond acceptors (Lipinski definition) is 3. The van der Waals surface area contributed by atoms with E-state index in [0.717, 1.165) is 18.6 Å². The molecule has 0 radical (unpaired) electrons. The Labute approximate surface area is 96.7 Å². The van der Waals surface area contributed by atoms with Crippen molar-refractivity contribution >= 4 is 0 Å². The Morgan fingerprint density at radius 2 is 1.69 bits per heavy atom. The van der Waals surface area contributed by atoms with Crippen molar-refractivity contribution in [3.8, 4) is 5.75 Å². The Bertz CT molecular complexity index is 260. The lowest BCUT2D eigenvalue weighted by molar-refractivity contribution is 0.122. The van der Waals surface area contributed by atoms with Crippen LogP contribution < -0.4 is 4.74 Å². The molecule has 3 nitrogen and oxygen atoms in total. The van der Waals surface area contributed by atoms with Gasteiger partial charge in [-0.05, 0) is 44.4 Å². The van der Waals surface area contributed by atoms with Crippen molar-refractivity contribution < 1.29 is 14.9 Å². The largest absolute Gasteiger partial charge is 0.491 e. The summed E-state index contributed by atoms with van der Waals surface area (Å²) in [5.74, 6) is 0.765. The lowest BCUT2D eigenvalue weighted by Gasteiger charge is -2.09. The Hall–Kier alpha value is -1.06. The maximum absolute atomic E-state index is 9.16. The summed E-state index contributed by atoms with van der Waals surface area (Å²) in [6.45, 7) is 3.80. The normalized spacial score (nSPS) is 14.5. The van der Waals surface area contributed by atoms with Gasteiger partial charge in [0.25, 0.3) is 0 Å². The zero-order valence-electron chi connectivity index (χ0n) is 9.89. The van der Waals surface area contributed by atoms with Gasteiger partial charge in [-0.25, -0.2) is 0 Å². The maximum Gasteiger partial charge on any atom is 0.119 e. The van der Waals surface area contributed by atoms with Gasteiger partial charge in [-0.2, -0.15) is 0 Å². The molecule has 0 bridgehead atoms. The van der Waals surface area contributed by atoms with E-state index in [1.54, 1.807) is 13.8 Å². The molecule has 0 saturated heterocycles. The SMILES string of the molecule is CC(O)CCc1ccc(OCC(C)O)cc1. The van der Waals surface area contributed by atoms with Crippen molar-refractivity contribution in [1.82, 2.24) is 0 Å². The fourth-order valence-electron chi connectivity index (χ4n) is 1.34. The van der Waals surface area contributed by atoms with Crippen LogP contribution in [0.5, 0.6) is 5.75 Å². The van der Waals surface area contributed by atoms with Gasteiger partial charge in [0.1, 0.15) is 12.4 Å². The number of benzene rings is 1. The van der Waals surface area contributed by atoms with Crippen molar-refractivity contribution in [2.45, 2.75) is 38.9 Å². The lowest BCUT2D eigenvalue weighted by atomic mass is 10.1. The van der Waals surface area contributed by atoms with E-state index in [9.17, 15) is 0 Å². The molecule has 0 aliphatic heterocycles. The van der Waals surface area contributed by atoms with E-state index in [2.05, 4.69) is 0 Å². The molecule has 2 N–H and O–H groups in total. The molecule has 0 spiro atoms. The van der Waals surface area contributed by atoms with Gasteiger partial charge in [0.05, 0.1) is 12.2 Å². The number of rotatable bonds is 6. The zero-order valence-corrected chi connectivity index (χ0v) is 9.89. The first-order valence-corrected chi connectivity index (χ1v) is 5.66. The lowest BCUT2D eigenvalue weighted by Crippen LogP contribution is -2.12. The van der Waals surface area contributed by atoms with E-state index in [4.69, 9.17) is 14.9 Å². The third-order valence-corrected chi connectivity index (χ3v) is 2.27. The zero-order chi connectivity index (χ0) is 12.0. The molecule has 1 aromatic carbocycles. The number of hydrogen-bond donors (Lipinski definition) is 2. The van der Waals surface area contributed by atoms with Crippen LogP contribution in [0.2, 0.25) is 0 Å². The summed E-state index contributed by atoms with van der Waals surface area (Å²) in [6, 6.07) is 7.75. The Morgan fingerprint density at radius 1 is 1.06 bits per heavy atom. The quantitative estimate of drug-likeness (QED) is 0.774. The Balaban J connectivity index is 2.41. The summed E-state index contributed by atoms with van der Waals surface area (Å²) in [7, 11) is 0. The van der Waals surface area contributed by atoms with Crippen LogP contribution in [0.4, 0.5) is 0 Å². The molecule has 1 rings (SSSR count). The van der Waals surface area contributed by atoms with Gasteiger partial charge in [0.2, 0.25) is 0 Å². The molecule has 0 saturated carbocycles. The van der Waals surface area contributed by atoms with Crippen molar-refractivity contribution in [2.24, 2.45) is 0 Å². The van der Waals surface area contributed by atoms with Crippen LogP contribution in [0.1, 0.15) is 25.8 Å². The van der Waals surface area contributed by atoms with Gasteiger partial charge in [-0.15, -0.1) is 0 Å². The van der Waals surface area contributed by atoms with E-state index >= 15 is 0 Å². The second-order valence-electron chi connectivity index (χ2n) is 4.19. The average Bonchev–Trinajstić information content (AvgIpc) is 2.25. The van der Waals surface area contributed by atoms with Crippen LogP contribution in [-0.4, -0.2) is 29.0 Å². The molecule has 0 aromatic heterocycles. The Kier molecular flexibility index (Phi) is 5.29. The third-order valence-electron chi connectivity index (χ3n) is 2.27. The van der Waals surface area contributed by atoms with Gasteiger partial charge in [0.15, 0.2) is 0 Å².